The first kappa shape index (κ1) is 14.3. The van der Waals surface area contributed by atoms with Crippen molar-refractivity contribution in [2.45, 2.75) is 12.5 Å². The van der Waals surface area contributed by atoms with Gasteiger partial charge in [0.25, 0.3) is 0 Å². The number of methoxy groups -OCH3 is 2. The van der Waals surface area contributed by atoms with Gasteiger partial charge in [0.05, 0.1) is 13.2 Å². The van der Waals surface area contributed by atoms with Crippen LogP contribution in [0.2, 0.25) is 0 Å². The first-order valence-corrected chi connectivity index (χ1v) is 4.62. The van der Waals surface area contributed by atoms with Gasteiger partial charge in [-0.2, -0.15) is 0 Å². The predicted octanol–water partition coefficient (Wildman–Crippen LogP) is 0.113. The monoisotopic (exact) mass is 222 g/mol. The van der Waals surface area contributed by atoms with Crippen LogP contribution in [0.4, 0.5) is 0 Å². The van der Waals surface area contributed by atoms with Gasteiger partial charge in [-0.05, 0) is 0 Å². The summed E-state index contributed by atoms with van der Waals surface area (Å²) in [5, 5.41) is 8.74. The third kappa shape index (κ3) is 8.31. The smallest absolute Gasteiger partial charge is 0.333 e. The summed E-state index contributed by atoms with van der Waals surface area (Å²) < 4.78 is 19.5. The van der Waals surface area contributed by atoms with Crippen LogP contribution in [0.25, 0.3) is 0 Å². The molecule has 0 bridgehead atoms. The van der Waals surface area contributed by atoms with Gasteiger partial charge in [0.15, 0.2) is 6.10 Å². The Labute approximate surface area is 89.1 Å². The summed E-state index contributed by atoms with van der Waals surface area (Å²) in [6, 6.07) is 0. The van der Waals surface area contributed by atoms with Crippen molar-refractivity contribution in [1.29, 1.82) is 0 Å². The van der Waals surface area contributed by atoms with Crippen LogP contribution in [0.1, 0.15) is 6.42 Å². The van der Waals surface area contributed by atoms with E-state index in [1.807, 2.05) is 0 Å². The Morgan fingerprint density at radius 3 is 2.40 bits per heavy atom. The highest BCUT2D eigenvalue weighted by molar-refractivity contribution is 5.72. The van der Waals surface area contributed by atoms with Crippen LogP contribution in [-0.4, -0.2) is 58.0 Å². The number of carbonyl (C=O) groups is 1. The minimum absolute atomic E-state index is 0.0515. The molecule has 0 aliphatic rings. The van der Waals surface area contributed by atoms with Gasteiger partial charge in [-0.15, -0.1) is 0 Å². The topological polar surface area (TPSA) is 74.2 Å². The van der Waals surface area contributed by atoms with Gasteiger partial charge in [-0.1, -0.05) is 0 Å². The zero-order valence-electron chi connectivity index (χ0n) is 9.10. The summed E-state index contributed by atoms with van der Waals surface area (Å²) in [7, 11) is 3.07. The zero-order chi connectivity index (χ0) is 11.5. The van der Waals surface area contributed by atoms with Crippen LogP contribution in [-0.2, 0) is 23.7 Å². The number of hydrogen-bond acceptors (Lipinski definition) is 5. The minimum Gasteiger partial charge on any atom is -0.479 e. The highest BCUT2D eigenvalue weighted by Crippen LogP contribution is 1.99. The first-order chi connectivity index (χ1) is 7.22. The van der Waals surface area contributed by atoms with Crippen molar-refractivity contribution in [1.82, 2.24) is 0 Å². The van der Waals surface area contributed by atoms with Crippen LogP contribution < -0.4 is 0 Å². The van der Waals surface area contributed by atoms with E-state index in [4.69, 9.17) is 24.1 Å². The summed E-state index contributed by atoms with van der Waals surface area (Å²) in [5.41, 5.74) is 0. The number of aliphatic carboxylic acids is 1. The molecule has 1 N–H and O–H groups in total. The molecule has 0 saturated heterocycles. The largest absolute Gasteiger partial charge is 0.479 e. The maximum atomic E-state index is 10.7. The van der Waals surface area contributed by atoms with E-state index in [0.717, 1.165) is 0 Å². The van der Waals surface area contributed by atoms with Gasteiger partial charge in [-0.25, -0.2) is 4.79 Å². The lowest BCUT2D eigenvalue weighted by Gasteiger charge is -2.13. The number of ether oxygens (including phenoxy) is 4. The molecule has 0 heterocycles. The van der Waals surface area contributed by atoms with Gasteiger partial charge >= 0.3 is 5.97 Å². The number of hydrogen-bond donors (Lipinski definition) is 1. The molecule has 0 spiro atoms. The molecule has 0 aromatic carbocycles. The fourth-order valence-electron chi connectivity index (χ4n) is 0.834. The van der Waals surface area contributed by atoms with Gasteiger partial charge < -0.3 is 24.1 Å². The van der Waals surface area contributed by atoms with Crippen molar-refractivity contribution in [3.63, 3.8) is 0 Å². The Hall–Kier alpha value is -0.690. The number of carboxylic acid groups (broad SMARTS) is 1. The maximum absolute atomic E-state index is 10.7. The maximum Gasteiger partial charge on any atom is 0.333 e. The molecule has 0 aliphatic carbocycles. The average Bonchev–Trinajstić information content (AvgIpc) is 2.21. The van der Waals surface area contributed by atoms with Crippen molar-refractivity contribution in [3.05, 3.63) is 0 Å². The fraction of sp³-hybridized carbons (Fsp3) is 0.889. The zero-order valence-corrected chi connectivity index (χ0v) is 9.10. The molecular weight excluding hydrogens is 204 g/mol. The van der Waals surface area contributed by atoms with Crippen molar-refractivity contribution in [2.24, 2.45) is 0 Å². The van der Waals surface area contributed by atoms with Gasteiger partial charge in [0.2, 0.25) is 0 Å². The third-order valence-electron chi connectivity index (χ3n) is 1.64. The average molecular weight is 222 g/mol. The Morgan fingerprint density at radius 2 is 1.87 bits per heavy atom. The van der Waals surface area contributed by atoms with Crippen LogP contribution in [0.5, 0.6) is 0 Å². The second-order valence-electron chi connectivity index (χ2n) is 2.79. The Kier molecular flexibility index (Phi) is 9.40. The SMILES string of the molecule is COCCOCOC(CCOC)C(=O)O. The summed E-state index contributed by atoms with van der Waals surface area (Å²) in [6.45, 7) is 1.13. The highest BCUT2D eigenvalue weighted by atomic mass is 16.7. The second kappa shape index (κ2) is 9.85. The van der Waals surface area contributed by atoms with E-state index in [9.17, 15) is 4.79 Å². The minimum atomic E-state index is -1.01. The lowest BCUT2D eigenvalue weighted by molar-refractivity contribution is -0.163. The Bertz CT molecular complexity index is 161. The molecule has 0 radical (unpaired) electrons. The molecule has 0 aliphatic heterocycles. The summed E-state index contributed by atoms with van der Waals surface area (Å²) >= 11 is 0. The first-order valence-electron chi connectivity index (χ1n) is 4.62. The predicted molar refractivity (Wildman–Crippen MR) is 51.7 cm³/mol. The van der Waals surface area contributed by atoms with Crippen molar-refractivity contribution < 1.29 is 28.8 Å². The van der Waals surface area contributed by atoms with Crippen molar-refractivity contribution >= 4 is 5.97 Å². The highest BCUT2D eigenvalue weighted by Gasteiger charge is 2.17. The molecule has 90 valence electrons. The van der Waals surface area contributed by atoms with Gasteiger partial charge in [0, 0.05) is 27.2 Å². The molecular formula is C9H18O6. The summed E-state index contributed by atoms with van der Waals surface area (Å²) in [6.07, 6.45) is -0.577. The Morgan fingerprint density at radius 1 is 1.20 bits per heavy atom. The van der Waals surface area contributed by atoms with E-state index in [1.54, 1.807) is 7.11 Å². The normalized spacial score (nSPS) is 12.7. The van der Waals surface area contributed by atoms with E-state index < -0.39 is 12.1 Å². The molecule has 6 heteroatoms. The fourth-order valence-corrected chi connectivity index (χ4v) is 0.834. The molecule has 6 nitrogen and oxygen atoms in total. The van der Waals surface area contributed by atoms with Gasteiger partial charge in [0.1, 0.15) is 6.79 Å². The lowest BCUT2D eigenvalue weighted by Crippen LogP contribution is -2.26. The summed E-state index contributed by atoms with van der Waals surface area (Å²) in [5.74, 6) is -1.01. The van der Waals surface area contributed by atoms with Crippen LogP contribution in [0, 0.1) is 0 Å². The van der Waals surface area contributed by atoms with E-state index in [2.05, 4.69) is 0 Å². The van der Waals surface area contributed by atoms with E-state index in [1.165, 1.54) is 7.11 Å². The second-order valence-corrected chi connectivity index (χ2v) is 2.79. The standard InChI is InChI=1S/C9H18O6/c1-12-4-3-8(9(10)11)15-7-14-6-5-13-2/h8H,3-7H2,1-2H3,(H,10,11). The van der Waals surface area contributed by atoms with Crippen molar-refractivity contribution in [2.75, 3.05) is 40.8 Å². The van der Waals surface area contributed by atoms with E-state index >= 15 is 0 Å². The molecule has 0 amide bonds. The van der Waals surface area contributed by atoms with E-state index in [-0.39, 0.29) is 6.79 Å². The summed E-state index contributed by atoms with van der Waals surface area (Å²) in [4.78, 5) is 10.7. The van der Waals surface area contributed by atoms with E-state index in [0.29, 0.717) is 26.2 Å². The molecule has 1 atom stereocenters. The molecule has 0 aromatic rings. The number of carboxylic acids is 1. The molecule has 15 heavy (non-hydrogen) atoms. The van der Waals surface area contributed by atoms with Crippen molar-refractivity contribution in [3.8, 4) is 0 Å². The van der Waals surface area contributed by atoms with Crippen LogP contribution in [0.15, 0.2) is 0 Å². The molecule has 0 fully saturated rings. The molecule has 0 rings (SSSR count). The van der Waals surface area contributed by atoms with Gasteiger partial charge in [-0.3, -0.25) is 0 Å². The third-order valence-corrected chi connectivity index (χ3v) is 1.64. The van der Waals surface area contributed by atoms with Crippen LogP contribution >= 0.6 is 0 Å². The Balaban J connectivity index is 3.53. The molecule has 0 saturated carbocycles. The quantitative estimate of drug-likeness (QED) is 0.418. The molecule has 1 unspecified atom stereocenters. The van der Waals surface area contributed by atoms with Crippen LogP contribution in [0.3, 0.4) is 0 Å². The lowest BCUT2D eigenvalue weighted by atomic mass is 10.3. The molecule has 0 aromatic heterocycles. The number of rotatable bonds is 10.